The number of rotatable bonds is 5. The molecule has 1 aromatic carbocycles. The highest BCUT2D eigenvalue weighted by Gasteiger charge is 2.37. The largest absolute Gasteiger partial charge is 0.316 e. The summed E-state index contributed by atoms with van der Waals surface area (Å²) in [6.45, 7) is 11.5. The van der Waals surface area contributed by atoms with Crippen LogP contribution in [0.25, 0.3) is 0 Å². The molecule has 0 aliphatic carbocycles. The minimum Gasteiger partial charge on any atom is -0.316 e. The van der Waals surface area contributed by atoms with Crippen molar-refractivity contribution in [2.45, 2.75) is 33.7 Å². The molecule has 0 amide bonds. The van der Waals surface area contributed by atoms with Gasteiger partial charge in [-0.25, -0.2) is 0 Å². The molecular formula is C17H28N2. The molecule has 1 aliphatic rings. The van der Waals surface area contributed by atoms with Gasteiger partial charge in [-0.1, -0.05) is 38.1 Å². The Labute approximate surface area is 118 Å². The quantitative estimate of drug-likeness (QED) is 0.875. The van der Waals surface area contributed by atoms with Crippen molar-refractivity contribution < 1.29 is 0 Å². The van der Waals surface area contributed by atoms with Crippen LogP contribution < -0.4 is 5.32 Å². The third-order valence-corrected chi connectivity index (χ3v) is 4.79. The second-order valence-corrected chi connectivity index (χ2v) is 6.54. The van der Waals surface area contributed by atoms with Crippen molar-refractivity contribution in [3.05, 3.63) is 35.4 Å². The number of benzene rings is 1. The fourth-order valence-electron chi connectivity index (χ4n) is 3.25. The van der Waals surface area contributed by atoms with Crippen LogP contribution in [0.5, 0.6) is 0 Å². The number of hydrogen-bond donors (Lipinski definition) is 1. The summed E-state index contributed by atoms with van der Waals surface area (Å²) in [5.74, 6) is 0.738. The predicted molar refractivity (Wildman–Crippen MR) is 82.3 cm³/mol. The third-order valence-electron chi connectivity index (χ3n) is 4.79. The van der Waals surface area contributed by atoms with Gasteiger partial charge >= 0.3 is 0 Å². The van der Waals surface area contributed by atoms with Gasteiger partial charge in [-0.05, 0) is 49.4 Å². The van der Waals surface area contributed by atoms with Crippen LogP contribution in [0.4, 0.5) is 0 Å². The Hall–Kier alpha value is -0.860. The van der Waals surface area contributed by atoms with Crippen LogP contribution in [-0.4, -0.2) is 31.6 Å². The standard InChI is InChI=1S/C17H28N2/c1-14(2)17(9-10-18-12-17)13-19(4)11-16-8-6-5-7-15(16)3/h5-8,14,18H,9-13H2,1-4H3. The van der Waals surface area contributed by atoms with Gasteiger partial charge < -0.3 is 10.2 Å². The molecule has 1 atom stereocenters. The van der Waals surface area contributed by atoms with Crippen molar-refractivity contribution in [2.24, 2.45) is 11.3 Å². The predicted octanol–water partition coefficient (Wildman–Crippen LogP) is 3.06. The van der Waals surface area contributed by atoms with Crippen molar-refractivity contribution in [3.8, 4) is 0 Å². The molecule has 0 aromatic heterocycles. The Morgan fingerprint density at radius 1 is 1.32 bits per heavy atom. The Bertz CT molecular complexity index is 405. The van der Waals surface area contributed by atoms with E-state index in [-0.39, 0.29) is 0 Å². The average Bonchev–Trinajstić information content (AvgIpc) is 2.82. The van der Waals surface area contributed by atoms with Gasteiger partial charge in [-0.3, -0.25) is 0 Å². The van der Waals surface area contributed by atoms with Crippen LogP contribution in [0.3, 0.4) is 0 Å². The van der Waals surface area contributed by atoms with Gasteiger partial charge in [0.25, 0.3) is 0 Å². The van der Waals surface area contributed by atoms with E-state index in [1.54, 1.807) is 0 Å². The molecule has 1 aromatic rings. The molecule has 1 unspecified atom stereocenters. The van der Waals surface area contributed by atoms with E-state index in [0.717, 1.165) is 12.5 Å². The second kappa shape index (κ2) is 6.06. The SMILES string of the molecule is Cc1ccccc1CN(C)CC1(C(C)C)CCNC1. The summed E-state index contributed by atoms with van der Waals surface area (Å²) in [5, 5.41) is 3.55. The molecule has 1 heterocycles. The van der Waals surface area contributed by atoms with Crippen molar-refractivity contribution in [1.29, 1.82) is 0 Å². The molecule has 0 saturated carbocycles. The lowest BCUT2D eigenvalue weighted by atomic mass is 9.76. The zero-order chi connectivity index (χ0) is 13.9. The summed E-state index contributed by atoms with van der Waals surface area (Å²) in [7, 11) is 2.26. The molecule has 0 spiro atoms. The lowest BCUT2D eigenvalue weighted by Gasteiger charge is -2.36. The summed E-state index contributed by atoms with van der Waals surface area (Å²) in [6, 6.07) is 8.72. The highest BCUT2D eigenvalue weighted by Crippen LogP contribution is 2.35. The Morgan fingerprint density at radius 3 is 2.63 bits per heavy atom. The monoisotopic (exact) mass is 260 g/mol. The van der Waals surface area contributed by atoms with Gasteiger partial charge in [0.1, 0.15) is 0 Å². The molecule has 0 radical (unpaired) electrons. The van der Waals surface area contributed by atoms with Gasteiger partial charge in [-0.15, -0.1) is 0 Å². The number of hydrogen-bond acceptors (Lipinski definition) is 2. The maximum atomic E-state index is 3.55. The minimum absolute atomic E-state index is 0.456. The fourth-order valence-corrected chi connectivity index (χ4v) is 3.25. The topological polar surface area (TPSA) is 15.3 Å². The summed E-state index contributed by atoms with van der Waals surface area (Å²) in [6.07, 6.45) is 1.31. The molecule has 1 N–H and O–H groups in total. The van der Waals surface area contributed by atoms with Crippen LogP contribution in [0.15, 0.2) is 24.3 Å². The first kappa shape index (κ1) is 14.5. The summed E-state index contributed by atoms with van der Waals surface area (Å²) in [5.41, 5.74) is 3.31. The van der Waals surface area contributed by atoms with Gasteiger partial charge in [0, 0.05) is 19.6 Å². The Morgan fingerprint density at radius 2 is 2.05 bits per heavy atom. The van der Waals surface area contributed by atoms with Gasteiger partial charge in [-0.2, -0.15) is 0 Å². The highest BCUT2D eigenvalue weighted by molar-refractivity contribution is 5.25. The van der Waals surface area contributed by atoms with Gasteiger partial charge in [0.15, 0.2) is 0 Å². The van der Waals surface area contributed by atoms with Crippen LogP contribution in [0.2, 0.25) is 0 Å². The zero-order valence-corrected chi connectivity index (χ0v) is 12.9. The lowest BCUT2D eigenvalue weighted by molar-refractivity contribution is 0.132. The molecule has 2 heteroatoms. The zero-order valence-electron chi connectivity index (χ0n) is 12.9. The maximum Gasteiger partial charge on any atom is 0.0233 e. The van der Waals surface area contributed by atoms with Crippen molar-refractivity contribution in [3.63, 3.8) is 0 Å². The van der Waals surface area contributed by atoms with Crippen LogP contribution >= 0.6 is 0 Å². The van der Waals surface area contributed by atoms with Crippen molar-refractivity contribution >= 4 is 0 Å². The summed E-state index contributed by atoms with van der Waals surface area (Å²) in [4.78, 5) is 2.50. The fraction of sp³-hybridized carbons (Fsp3) is 0.647. The molecule has 1 fully saturated rings. The van der Waals surface area contributed by atoms with E-state index in [1.807, 2.05) is 0 Å². The van der Waals surface area contributed by atoms with Crippen molar-refractivity contribution in [1.82, 2.24) is 10.2 Å². The summed E-state index contributed by atoms with van der Waals surface area (Å²) < 4.78 is 0. The second-order valence-electron chi connectivity index (χ2n) is 6.54. The molecule has 106 valence electrons. The molecule has 1 aliphatic heterocycles. The first-order valence-corrected chi connectivity index (χ1v) is 7.47. The lowest BCUT2D eigenvalue weighted by Crippen LogP contribution is -2.41. The van der Waals surface area contributed by atoms with Gasteiger partial charge in [0.2, 0.25) is 0 Å². The third kappa shape index (κ3) is 3.37. The van der Waals surface area contributed by atoms with E-state index >= 15 is 0 Å². The van der Waals surface area contributed by atoms with E-state index in [2.05, 4.69) is 62.3 Å². The molecule has 2 nitrogen and oxygen atoms in total. The molecule has 2 rings (SSSR count). The van der Waals surface area contributed by atoms with Crippen LogP contribution in [0, 0.1) is 18.3 Å². The van der Waals surface area contributed by atoms with Crippen LogP contribution in [0.1, 0.15) is 31.4 Å². The van der Waals surface area contributed by atoms with Crippen LogP contribution in [-0.2, 0) is 6.54 Å². The van der Waals surface area contributed by atoms with E-state index in [0.29, 0.717) is 5.41 Å². The summed E-state index contributed by atoms with van der Waals surface area (Å²) >= 11 is 0. The number of aryl methyl sites for hydroxylation is 1. The first-order valence-electron chi connectivity index (χ1n) is 7.47. The molecule has 1 saturated heterocycles. The molecule has 19 heavy (non-hydrogen) atoms. The van der Waals surface area contributed by atoms with E-state index in [4.69, 9.17) is 0 Å². The Kier molecular flexibility index (Phi) is 4.64. The molecular weight excluding hydrogens is 232 g/mol. The Balaban J connectivity index is 2.01. The first-order chi connectivity index (χ1) is 9.03. The van der Waals surface area contributed by atoms with E-state index in [1.165, 1.54) is 37.2 Å². The van der Waals surface area contributed by atoms with Crippen molar-refractivity contribution in [2.75, 3.05) is 26.7 Å². The maximum absolute atomic E-state index is 3.55. The van der Waals surface area contributed by atoms with E-state index in [9.17, 15) is 0 Å². The number of nitrogens with one attached hydrogen (secondary N) is 1. The smallest absolute Gasteiger partial charge is 0.0233 e. The average molecular weight is 260 g/mol. The minimum atomic E-state index is 0.456. The normalized spacial score (nSPS) is 23.5. The van der Waals surface area contributed by atoms with Gasteiger partial charge in [0.05, 0.1) is 0 Å². The van der Waals surface area contributed by atoms with E-state index < -0.39 is 0 Å². The highest BCUT2D eigenvalue weighted by atomic mass is 15.1. The number of nitrogens with zero attached hydrogens (tertiary/aromatic N) is 1. The molecule has 0 bridgehead atoms.